The maximum absolute atomic E-state index is 13.4. The molecule has 0 atom stereocenters. The Balaban J connectivity index is 1.47. The summed E-state index contributed by atoms with van der Waals surface area (Å²) in [5, 5.41) is 4.75. The number of esters is 1. The Kier molecular flexibility index (Phi) is 9.09. The molecule has 4 rings (SSSR count). The van der Waals surface area contributed by atoms with Crippen LogP contribution in [0.1, 0.15) is 48.3 Å². The topological polar surface area (TPSA) is 84.6 Å². The number of carbonyl (C=O) groups is 1. The van der Waals surface area contributed by atoms with Crippen LogP contribution in [0, 0.1) is 6.92 Å². The third-order valence-corrected chi connectivity index (χ3v) is 6.79. The van der Waals surface area contributed by atoms with Crippen LogP contribution in [0.4, 0.5) is 0 Å². The van der Waals surface area contributed by atoms with Crippen LogP contribution < -0.4 is 15.2 Å². The molecule has 0 spiro atoms. The fourth-order valence-corrected chi connectivity index (χ4v) is 4.47. The summed E-state index contributed by atoms with van der Waals surface area (Å²) in [4.78, 5) is 25.3. The largest absolute Gasteiger partial charge is 0.497 e. The van der Waals surface area contributed by atoms with Gasteiger partial charge >= 0.3 is 11.7 Å². The fraction of sp³-hybridized carbons (Fsp3) is 0.344. The minimum absolute atomic E-state index is 0.124. The zero-order valence-corrected chi connectivity index (χ0v) is 23.8. The maximum Gasteiger partial charge on any atom is 0.349 e. The average Bonchev–Trinajstić information content (AvgIpc) is 3.24. The summed E-state index contributed by atoms with van der Waals surface area (Å²) in [6, 6.07) is 23.6. The molecule has 0 aliphatic rings. The van der Waals surface area contributed by atoms with E-state index >= 15 is 0 Å². The molecule has 4 aromatic rings. The maximum atomic E-state index is 13.4. The molecular weight excluding hydrogens is 506 g/mol. The summed E-state index contributed by atoms with van der Waals surface area (Å²) in [6.07, 6.45) is 2.28. The van der Waals surface area contributed by atoms with Crippen LogP contribution in [-0.4, -0.2) is 40.1 Å². The Labute approximate surface area is 235 Å². The molecule has 40 heavy (non-hydrogen) atoms. The summed E-state index contributed by atoms with van der Waals surface area (Å²) in [5.74, 6) is 1.70. The van der Waals surface area contributed by atoms with E-state index in [0.717, 1.165) is 41.1 Å². The molecule has 210 valence electrons. The fourth-order valence-electron chi connectivity index (χ4n) is 4.47. The zero-order valence-electron chi connectivity index (χ0n) is 23.8. The lowest BCUT2D eigenvalue weighted by molar-refractivity contribution is -0.156. The van der Waals surface area contributed by atoms with Gasteiger partial charge in [-0.25, -0.2) is 14.3 Å². The summed E-state index contributed by atoms with van der Waals surface area (Å²) >= 11 is 0. The van der Waals surface area contributed by atoms with E-state index in [0.29, 0.717) is 25.3 Å². The number of carbonyl (C=O) groups excluding carboxylic acids is 1. The van der Waals surface area contributed by atoms with Gasteiger partial charge in [0.25, 0.3) is 0 Å². The van der Waals surface area contributed by atoms with Gasteiger partial charge in [0.05, 0.1) is 27.3 Å². The lowest BCUT2D eigenvalue weighted by atomic mass is 10.1. The average molecular weight is 544 g/mol. The molecule has 8 heteroatoms. The predicted octanol–water partition coefficient (Wildman–Crippen LogP) is 4.96. The van der Waals surface area contributed by atoms with Crippen LogP contribution >= 0.6 is 0 Å². The molecule has 3 aromatic carbocycles. The second-order valence-electron chi connectivity index (χ2n) is 10.4. The van der Waals surface area contributed by atoms with E-state index in [-0.39, 0.29) is 5.69 Å². The molecular formula is C32H37N3O5. The number of ether oxygens (including phenoxy) is 3. The predicted molar refractivity (Wildman–Crippen MR) is 154 cm³/mol. The first-order valence-corrected chi connectivity index (χ1v) is 13.4. The number of hydrogen-bond acceptors (Lipinski definition) is 6. The van der Waals surface area contributed by atoms with Gasteiger partial charge in [-0.2, -0.15) is 5.10 Å². The lowest BCUT2D eigenvalue weighted by Gasteiger charge is -2.23. The Bertz CT molecular complexity index is 1470. The summed E-state index contributed by atoms with van der Waals surface area (Å²) < 4.78 is 19.2. The van der Waals surface area contributed by atoms with Gasteiger partial charge in [0.1, 0.15) is 17.3 Å². The van der Waals surface area contributed by atoms with Gasteiger partial charge in [-0.15, -0.1) is 0 Å². The first-order valence-electron chi connectivity index (χ1n) is 13.4. The molecule has 0 saturated heterocycles. The lowest BCUT2D eigenvalue weighted by Crippen LogP contribution is -2.39. The van der Waals surface area contributed by atoms with Crippen LogP contribution in [-0.2, 0) is 35.5 Å². The Morgan fingerprint density at radius 1 is 0.800 bits per heavy atom. The van der Waals surface area contributed by atoms with Crippen molar-refractivity contribution in [2.75, 3.05) is 14.2 Å². The molecule has 0 N–H and O–H groups in total. The summed E-state index contributed by atoms with van der Waals surface area (Å²) in [6.45, 7) is 6.26. The Morgan fingerprint density at radius 2 is 1.38 bits per heavy atom. The molecule has 8 nitrogen and oxygen atoms in total. The first-order chi connectivity index (χ1) is 19.2. The van der Waals surface area contributed by atoms with Crippen molar-refractivity contribution in [3.8, 4) is 11.5 Å². The van der Waals surface area contributed by atoms with Crippen molar-refractivity contribution >= 4 is 5.97 Å². The van der Waals surface area contributed by atoms with Gasteiger partial charge in [0.15, 0.2) is 5.60 Å². The SMILES string of the molecule is COC(=O)C(C)(C)Oc1ccc(CCCc2nn(Cc3ccc(C)cc3)c(=O)n2Cc2ccc(OC)cc2)cc1. The highest BCUT2D eigenvalue weighted by molar-refractivity contribution is 5.78. The normalized spacial score (nSPS) is 11.3. The van der Waals surface area contributed by atoms with Gasteiger partial charge in [-0.05, 0) is 74.6 Å². The van der Waals surface area contributed by atoms with Crippen molar-refractivity contribution < 1.29 is 19.0 Å². The van der Waals surface area contributed by atoms with E-state index in [2.05, 4.69) is 0 Å². The molecule has 1 aromatic heterocycles. The van der Waals surface area contributed by atoms with E-state index in [9.17, 15) is 9.59 Å². The summed E-state index contributed by atoms with van der Waals surface area (Å²) in [7, 11) is 2.98. The smallest absolute Gasteiger partial charge is 0.349 e. The van der Waals surface area contributed by atoms with Gasteiger partial charge in [-0.3, -0.25) is 4.57 Å². The quantitative estimate of drug-likeness (QED) is 0.235. The monoisotopic (exact) mass is 543 g/mol. The molecule has 0 saturated carbocycles. The summed E-state index contributed by atoms with van der Waals surface area (Å²) in [5.41, 5.74) is 3.15. The van der Waals surface area contributed by atoms with Crippen LogP contribution in [0.25, 0.3) is 0 Å². The van der Waals surface area contributed by atoms with Gasteiger partial charge < -0.3 is 14.2 Å². The Hall–Kier alpha value is -4.33. The van der Waals surface area contributed by atoms with Gasteiger partial charge in [0.2, 0.25) is 0 Å². The second kappa shape index (κ2) is 12.7. The number of aromatic nitrogens is 3. The van der Waals surface area contributed by atoms with Crippen molar-refractivity contribution in [1.82, 2.24) is 14.3 Å². The van der Waals surface area contributed by atoms with Crippen molar-refractivity contribution in [2.45, 2.75) is 58.7 Å². The number of nitrogens with zero attached hydrogens (tertiary/aromatic N) is 3. The molecule has 0 amide bonds. The molecule has 0 fully saturated rings. The highest BCUT2D eigenvalue weighted by atomic mass is 16.6. The number of benzene rings is 3. The number of aryl methyl sites for hydroxylation is 3. The van der Waals surface area contributed by atoms with Crippen molar-refractivity contribution in [3.05, 3.63) is 111 Å². The minimum atomic E-state index is -1.07. The Morgan fingerprint density at radius 3 is 2.00 bits per heavy atom. The number of hydrogen-bond donors (Lipinski definition) is 0. The van der Waals surface area contributed by atoms with E-state index in [1.807, 2.05) is 79.7 Å². The number of rotatable bonds is 12. The van der Waals surface area contributed by atoms with E-state index < -0.39 is 11.6 Å². The van der Waals surface area contributed by atoms with E-state index in [1.165, 1.54) is 12.7 Å². The molecule has 0 aliphatic carbocycles. The molecule has 0 bridgehead atoms. The zero-order chi connectivity index (χ0) is 28.7. The van der Waals surface area contributed by atoms with Crippen LogP contribution in [0.5, 0.6) is 11.5 Å². The minimum Gasteiger partial charge on any atom is -0.497 e. The van der Waals surface area contributed by atoms with Crippen molar-refractivity contribution in [3.63, 3.8) is 0 Å². The van der Waals surface area contributed by atoms with Gasteiger partial charge in [0, 0.05) is 6.42 Å². The molecule has 1 heterocycles. The highest BCUT2D eigenvalue weighted by Gasteiger charge is 2.31. The number of methoxy groups -OCH3 is 2. The van der Waals surface area contributed by atoms with Crippen molar-refractivity contribution in [2.24, 2.45) is 0 Å². The molecule has 0 aliphatic heterocycles. The van der Waals surface area contributed by atoms with E-state index in [4.69, 9.17) is 19.3 Å². The molecule has 0 radical (unpaired) electrons. The highest BCUT2D eigenvalue weighted by Crippen LogP contribution is 2.21. The third-order valence-electron chi connectivity index (χ3n) is 6.79. The van der Waals surface area contributed by atoms with Crippen LogP contribution in [0.15, 0.2) is 77.6 Å². The van der Waals surface area contributed by atoms with Crippen LogP contribution in [0.3, 0.4) is 0 Å². The molecule has 0 unspecified atom stereocenters. The first kappa shape index (κ1) is 28.7. The van der Waals surface area contributed by atoms with Crippen molar-refractivity contribution in [1.29, 1.82) is 0 Å². The third kappa shape index (κ3) is 7.20. The van der Waals surface area contributed by atoms with E-state index in [1.54, 1.807) is 30.2 Å². The van der Waals surface area contributed by atoms with Gasteiger partial charge in [-0.1, -0.05) is 54.1 Å². The second-order valence-corrected chi connectivity index (χ2v) is 10.4. The standard InChI is InChI=1S/C32H37N3O5/c1-23-9-11-26(12-10-23)22-35-31(37)34(21-25-15-17-27(38-4)18-16-25)29(33-35)8-6-7-24-13-19-28(20-14-24)40-32(2,3)30(36)39-5/h9-20H,6-8,21-22H2,1-5H3. The van der Waals surface area contributed by atoms with Crippen LogP contribution in [0.2, 0.25) is 0 Å².